The van der Waals surface area contributed by atoms with E-state index in [2.05, 4.69) is 0 Å². The summed E-state index contributed by atoms with van der Waals surface area (Å²) in [5, 5.41) is 0. The molecule has 7 heteroatoms. The normalized spacial score (nSPS) is 8.29. The van der Waals surface area contributed by atoms with Crippen molar-refractivity contribution in [3.63, 3.8) is 0 Å². The summed E-state index contributed by atoms with van der Waals surface area (Å²) in [6.07, 6.45) is 0. The van der Waals surface area contributed by atoms with Gasteiger partial charge < -0.3 is 9.11 Å². The Bertz CT molecular complexity index is 94.9. The van der Waals surface area contributed by atoms with Gasteiger partial charge in [-0.25, -0.2) is 0 Å². The molecule has 0 N–H and O–H groups in total. The first-order valence-corrected chi connectivity index (χ1v) is 2.00. The minimum absolute atomic E-state index is 0. The molecule has 7 heavy (non-hydrogen) atoms. The van der Waals surface area contributed by atoms with E-state index in [1.54, 1.807) is 0 Å². The monoisotopic (exact) mass is 220 g/mol. The summed E-state index contributed by atoms with van der Waals surface area (Å²) in [5.41, 5.74) is 0. The van der Waals surface area contributed by atoms with Crippen LogP contribution in [0.3, 0.4) is 0 Å². The molecule has 0 aromatic rings. The van der Waals surface area contributed by atoms with Gasteiger partial charge in [0.15, 0.2) is 0 Å². The minimum atomic E-state index is -5.17. The SMILES string of the molecule is Cl.O=S(=O)([O-])[O-].[Sr+2]. The van der Waals surface area contributed by atoms with Gasteiger partial charge in [-0.2, -0.15) is 0 Å². The van der Waals surface area contributed by atoms with Crippen LogP contribution in [0.25, 0.3) is 0 Å². The van der Waals surface area contributed by atoms with Crippen LogP contribution in [0.5, 0.6) is 0 Å². The van der Waals surface area contributed by atoms with E-state index in [4.69, 9.17) is 17.5 Å². The zero-order valence-corrected chi connectivity index (χ0v) is 8.27. The third-order valence-corrected chi connectivity index (χ3v) is 0. The molecule has 0 aromatic heterocycles. The summed E-state index contributed by atoms with van der Waals surface area (Å²) in [6, 6.07) is 0. The van der Waals surface area contributed by atoms with Gasteiger partial charge in [-0.15, -0.1) is 12.4 Å². The molecule has 0 amide bonds. The molecule has 0 saturated carbocycles. The molecule has 0 aliphatic rings. The standard InChI is InChI=1S/ClH.H2O4S.Sr/c;1-5(2,3)4;/h1H;(H2,1,2,3,4);/q;;+2/p-2. The largest absolute Gasteiger partial charge is 2.00 e. The van der Waals surface area contributed by atoms with E-state index < -0.39 is 10.4 Å². The Morgan fingerprint density at radius 2 is 1.14 bits per heavy atom. The smallest absolute Gasteiger partial charge is 0.759 e. The molecule has 0 bridgehead atoms. The molecular weight excluding hydrogens is 219 g/mol. The summed E-state index contributed by atoms with van der Waals surface area (Å²) in [4.78, 5) is 0. The molecule has 0 fully saturated rings. The summed E-state index contributed by atoms with van der Waals surface area (Å²) in [5.74, 6) is 0. The second-order valence-corrected chi connectivity index (χ2v) is 1.22. The topological polar surface area (TPSA) is 80.3 Å². The molecule has 0 aliphatic heterocycles. The summed E-state index contributed by atoms with van der Waals surface area (Å²) in [6.45, 7) is 0. The van der Waals surface area contributed by atoms with Gasteiger partial charge in [0.05, 0.1) is 0 Å². The minimum Gasteiger partial charge on any atom is -0.759 e. The molecule has 0 heterocycles. The van der Waals surface area contributed by atoms with Gasteiger partial charge in [0.25, 0.3) is 0 Å². The molecule has 0 aromatic carbocycles. The molecule has 0 aliphatic carbocycles. The van der Waals surface area contributed by atoms with E-state index in [1.807, 2.05) is 0 Å². The van der Waals surface area contributed by atoms with Crippen LogP contribution in [0.4, 0.5) is 0 Å². The third-order valence-electron chi connectivity index (χ3n) is 0. The van der Waals surface area contributed by atoms with Crippen molar-refractivity contribution in [1.82, 2.24) is 0 Å². The first-order valence-electron chi connectivity index (χ1n) is 0.667. The van der Waals surface area contributed by atoms with Gasteiger partial charge in [0, 0.05) is 10.4 Å². The molecule has 40 valence electrons. The second-order valence-electron chi connectivity index (χ2n) is 0.408. The Labute approximate surface area is 84.5 Å². The fourth-order valence-corrected chi connectivity index (χ4v) is 0. The molecule has 0 spiro atoms. The summed E-state index contributed by atoms with van der Waals surface area (Å²) >= 11 is 0. The number of hydrogen-bond donors (Lipinski definition) is 0. The Morgan fingerprint density at radius 3 is 1.14 bits per heavy atom. The average Bonchev–Trinajstić information content (AvgIpc) is 0.722. The molecule has 4 nitrogen and oxygen atoms in total. The van der Waals surface area contributed by atoms with E-state index in [0.717, 1.165) is 0 Å². The van der Waals surface area contributed by atoms with Gasteiger partial charge in [0.1, 0.15) is 0 Å². The maximum absolute atomic E-state index is 8.52. The molecule has 0 saturated heterocycles. The van der Waals surface area contributed by atoms with Crippen LogP contribution in [-0.2, 0) is 10.4 Å². The van der Waals surface area contributed by atoms with E-state index in [9.17, 15) is 0 Å². The predicted molar refractivity (Wildman–Crippen MR) is 23.5 cm³/mol. The van der Waals surface area contributed by atoms with Crippen molar-refractivity contribution in [2.75, 3.05) is 0 Å². The summed E-state index contributed by atoms with van der Waals surface area (Å²) < 4.78 is 34.1. The quantitative estimate of drug-likeness (QED) is 0.289. The van der Waals surface area contributed by atoms with Crippen molar-refractivity contribution >= 4 is 68.3 Å². The maximum Gasteiger partial charge on any atom is 2.00 e. The van der Waals surface area contributed by atoms with Crippen molar-refractivity contribution in [2.45, 2.75) is 0 Å². The second kappa shape index (κ2) is 5.77. The number of rotatable bonds is 0. The van der Waals surface area contributed by atoms with Crippen LogP contribution in [0, 0.1) is 0 Å². The van der Waals surface area contributed by atoms with Crippen LogP contribution in [0.15, 0.2) is 0 Å². The first-order chi connectivity index (χ1) is 2.00. The fourth-order valence-electron chi connectivity index (χ4n) is 0. The van der Waals surface area contributed by atoms with Crippen LogP contribution in [0.1, 0.15) is 0 Å². The van der Waals surface area contributed by atoms with Gasteiger partial charge in [-0.1, -0.05) is 0 Å². The Balaban J connectivity index is -0.0000000800. The van der Waals surface area contributed by atoms with Crippen LogP contribution in [-0.4, -0.2) is 63.0 Å². The zero-order valence-electron chi connectivity index (χ0n) is 3.16. The third kappa shape index (κ3) is 90.3. The molecule has 0 rings (SSSR count). The van der Waals surface area contributed by atoms with Crippen molar-refractivity contribution in [1.29, 1.82) is 0 Å². The fraction of sp³-hybridized carbons (Fsp3) is 0. The van der Waals surface area contributed by atoms with Crippen LogP contribution in [0.2, 0.25) is 0 Å². The number of halogens is 1. The molecule has 0 unspecified atom stereocenters. The van der Waals surface area contributed by atoms with E-state index in [0.29, 0.717) is 0 Å². The summed E-state index contributed by atoms with van der Waals surface area (Å²) in [7, 11) is -5.17. The average molecular weight is 220 g/mol. The van der Waals surface area contributed by atoms with Crippen molar-refractivity contribution in [2.24, 2.45) is 0 Å². The zero-order chi connectivity index (χ0) is 4.50. The number of hydrogen-bond acceptors (Lipinski definition) is 4. The van der Waals surface area contributed by atoms with E-state index in [-0.39, 0.29) is 57.9 Å². The first kappa shape index (κ1) is 15.9. The van der Waals surface area contributed by atoms with Crippen molar-refractivity contribution in [3.8, 4) is 0 Å². The van der Waals surface area contributed by atoms with Crippen LogP contribution >= 0.6 is 12.4 Å². The van der Waals surface area contributed by atoms with Gasteiger partial charge in [0.2, 0.25) is 0 Å². The predicted octanol–water partition coefficient (Wildman–Crippen LogP) is -1.30. The van der Waals surface area contributed by atoms with Crippen molar-refractivity contribution < 1.29 is 17.5 Å². The van der Waals surface area contributed by atoms with E-state index in [1.165, 1.54) is 0 Å². The molecule has 0 atom stereocenters. The van der Waals surface area contributed by atoms with Crippen LogP contribution < -0.4 is 0 Å². The Morgan fingerprint density at radius 1 is 1.14 bits per heavy atom. The van der Waals surface area contributed by atoms with Gasteiger partial charge >= 0.3 is 45.5 Å². The molecule has 0 radical (unpaired) electrons. The van der Waals surface area contributed by atoms with Gasteiger partial charge in [-0.3, -0.25) is 8.42 Å². The Hall–Kier alpha value is 1.64. The van der Waals surface area contributed by atoms with Gasteiger partial charge in [-0.05, 0) is 0 Å². The maximum atomic E-state index is 8.52. The Kier molecular flexibility index (Phi) is 13.1. The van der Waals surface area contributed by atoms with E-state index >= 15 is 0 Å². The van der Waals surface area contributed by atoms with Crippen molar-refractivity contribution in [3.05, 3.63) is 0 Å². The molecular formula is HClO4SSr.